The van der Waals surface area contributed by atoms with Crippen LogP contribution in [0.4, 0.5) is 5.13 Å². The highest BCUT2D eigenvalue weighted by molar-refractivity contribution is 7.92. The summed E-state index contributed by atoms with van der Waals surface area (Å²) < 4.78 is 25.2. The van der Waals surface area contributed by atoms with E-state index in [0.717, 1.165) is 5.69 Å². The molecule has 16 heavy (non-hydrogen) atoms. The zero-order chi connectivity index (χ0) is 12.2. The number of hydrogen-bond acceptors (Lipinski definition) is 5. The lowest BCUT2D eigenvalue weighted by atomic mass is 10.3. The number of aliphatic carboxylic acids is 1. The van der Waals surface area contributed by atoms with Crippen LogP contribution in [-0.2, 0) is 14.8 Å². The molecule has 0 aromatic carbocycles. The van der Waals surface area contributed by atoms with E-state index in [2.05, 4.69) is 9.71 Å². The summed E-state index contributed by atoms with van der Waals surface area (Å²) in [7, 11) is -3.48. The fourth-order valence-electron chi connectivity index (χ4n) is 0.998. The molecule has 0 spiro atoms. The molecule has 0 saturated heterocycles. The number of nitrogens with one attached hydrogen (secondary N) is 1. The van der Waals surface area contributed by atoms with Gasteiger partial charge in [0.05, 0.1) is 11.4 Å². The number of carboxylic acid groups (broad SMARTS) is 1. The molecular formula is C8H12N2O4S2. The van der Waals surface area contributed by atoms with Gasteiger partial charge < -0.3 is 5.11 Å². The molecule has 1 rings (SSSR count). The first-order valence-corrected chi connectivity index (χ1v) is 7.07. The standard InChI is InChI=1S/C8H12N2O4S2/c1-6-5-15-8(9-6)10-16(13,14)4-2-3-7(11)12/h5H,2-4H2,1H3,(H,9,10)(H,11,12). The molecule has 1 aromatic rings. The molecule has 0 amide bonds. The van der Waals surface area contributed by atoms with E-state index in [-0.39, 0.29) is 18.6 Å². The normalized spacial score (nSPS) is 11.3. The molecular weight excluding hydrogens is 252 g/mol. The maximum atomic E-state index is 11.5. The highest BCUT2D eigenvalue weighted by Crippen LogP contribution is 2.16. The molecule has 0 aliphatic carbocycles. The van der Waals surface area contributed by atoms with Crippen LogP contribution in [-0.4, -0.2) is 30.2 Å². The fourth-order valence-corrected chi connectivity index (χ4v) is 3.04. The summed E-state index contributed by atoms with van der Waals surface area (Å²) in [5.41, 5.74) is 0.744. The summed E-state index contributed by atoms with van der Waals surface area (Å²) in [6, 6.07) is 0. The zero-order valence-corrected chi connectivity index (χ0v) is 10.3. The number of sulfonamides is 1. The third kappa shape index (κ3) is 4.58. The van der Waals surface area contributed by atoms with E-state index >= 15 is 0 Å². The predicted octanol–water partition coefficient (Wildman–Crippen LogP) is 1.06. The average Bonchev–Trinajstić information content (AvgIpc) is 2.48. The van der Waals surface area contributed by atoms with Crippen LogP contribution in [0, 0.1) is 6.92 Å². The Kier molecular flexibility index (Phi) is 4.25. The number of hydrogen-bond donors (Lipinski definition) is 2. The largest absolute Gasteiger partial charge is 0.481 e. The van der Waals surface area contributed by atoms with Gasteiger partial charge in [-0.3, -0.25) is 9.52 Å². The van der Waals surface area contributed by atoms with E-state index in [1.54, 1.807) is 12.3 Å². The smallest absolute Gasteiger partial charge is 0.303 e. The molecule has 1 aromatic heterocycles. The van der Waals surface area contributed by atoms with Crippen LogP contribution >= 0.6 is 11.3 Å². The van der Waals surface area contributed by atoms with Crippen molar-refractivity contribution >= 4 is 32.5 Å². The van der Waals surface area contributed by atoms with Gasteiger partial charge in [0.15, 0.2) is 5.13 Å². The lowest BCUT2D eigenvalue weighted by Crippen LogP contribution is -2.17. The van der Waals surface area contributed by atoms with Crippen molar-refractivity contribution in [3.8, 4) is 0 Å². The van der Waals surface area contributed by atoms with Crippen LogP contribution in [0.5, 0.6) is 0 Å². The van der Waals surface area contributed by atoms with Crippen molar-refractivity contribution in [2.45, 2.75) is 19.8 Å². The van der Waals surface area contributed by atoms with E-state index in [4.69, 9.17) is 5.11 Å². The Morgan fingerprint density at radius 1 is 1.62 bits per heavy atom. The second kappa shape index (κ2) is 5.26. The molecule has 0 aliphatic heterocycles. The first-order chi connectivity index (χ1) is 7.39. The van der Waals surface area contributed by atoms with Gasteiger partial charge in [0.25, 0.3) is 0 Å². The second-order valence-corrected chi connectivity index (χ2v) is 5.91. The maximum Gasteiger partial charge on any atom is 0.303 e. The summed E-state index contributed by atoms with van der Waals surface area (Å²) in [5, 5.41) is 10.4. The van der Waals surface area contributed by atoms with Crippen molar-refractivity contribution in [2.24, 2.45) is 0 Å². The van der Waals surface area contributed by atoms with Crippen molar-refractivity contribution in [1.29, 1.82) is 0 Å². The van der Waals surface area contributed by atoms with E-state index in [0.29, 0.717) is 5.13 Å². The van der Waals surface area contributed by atoms with Gasteiger partial charge in [-0.05, 0) is 13.3 Å². The van der Waals surface area contributed by atoms with Gasteiger partial charge in [0, 0.05) is 11.8 Å². The Morgan fingerprint density at radius 2 is 2.31 bits per heavy atom. The monoisotopic (exact) mass is 264 g/mol. The predicted molar refractivity (Wildman–Crippen MR) is 61.1 cm³/mol. The van der Waals surface area contributed by atoms with Crippen LogP contribution in [0.15, 0.2) is 5.38 Å². The molecule has 0 radical (unpaired) electrons. The van der Waals surface area contributed by atoms with Crippen LogP contribution < -0.4 is 4.72 Å². The number of thiazole rings is 1. The van der Waals surface area contributed by atoms with Gasteiger partial charge >= 0.3 is 5.97 Å². The molecule has 0 atom stereocenters. The van der Waals surface area contributed by atoms with Gasteiger partial charge in [-0.15, -0.1) is 11.3 Å². The van der Waals surface area contributed by atoms with Gasteiger partial charge in [0.1, 0.15) is 0 Å². The molecule has 0 fully saturated rings. The highest BCUT2D eigenvalue weighted by Gasteiger charge is 2.12. The Bertz CT molecular complexity index is 466. The number of rotatable bonds is 6. The zero-order valence-electron chi connectivity index (χ0n) is 8.63. The lowest BCUT2D eigenvalue weighted by Gasteiger charge is -2.03. The summed E-state index contributed by atoms with van der Waals surface area (Å²) in [6.07, 6.45) is -0.0627. The van der Waals surface area contributed by atoms with Crippen molar-refractivity contribution in [3.05, 3.63) is 11.1 Å². The highest BCUT2D eigenvalue weighted by atomic mass is 32.2. The van der Waals surface area contributed by atoms with Gasteiger partial charge in [-0.25, -0.2) is 13.4 Å². The number of carbonyl (C=O) groups is 1. The van der Waals surface area contributed by atoms with Gasteiger partial charge in [-0.2, -0.15) is 0 Å². The molecule has 90 valence electrons. The maximum absolute atomic E-state index is 11.5. The number of aromatic nitrogens is 1. The summed E-state index contributed by atoms with van der Waals surface area (Å²) in [4.78, 5) is 14.2. The van der Waals surface area contributed by atoms with E-state index < -0.39 is 16.0 Å². The first kappa shape index (κ1) is 12.9. The topological polar surface area (TPSA) is 96.4 Å². The Hall–Kier alpha value is -1.15. The van der Waals surface area contributed by atoms with E-state index in [1.807, 2.05) is 0 Å². The van der Waals surface area contributed by atoms with Crippen molar-refractivity contribution < 1.29 is 18.3 Å². The Morgan fingerprint density at radius 3 is 2.81 bits per heavy atom. The van der Waals surface area contributed by atoms with Crippen molar-refractivity contribution in [2.75, 3.05) is 10.5 Å². The number of carboxylic acids is 1. The molecule has 1 heterocycles. The summed E-state index contributed by atoms with van der Waals surface area (Å²) in [6.45, 7) is 1.76. The lowest BCUT2D eigenvalue weighted by molar-refractivity contribution is -0.137. The third-order valence-corrected chi connectivity index (χ3v) is 4.00. The molecule has 8 heteroatoms. The third-order valence-electron chi connectivity index (χ3n) is 1.67. The summed E-state index contributed by atoms with van der Waals surface area (Å²) >= 11 is 1.20. The van der Waals surface area contributed by atoms with Crippen molar-refractivity contribution in [1.82, 2.24) is 4.98 Å². The minimum Gasteiger partial charge on any atom is -0.481 e. The quantitative estimate of drug-likeness (QED) is 0.800. The molecule has 0 bridgehead atoms. The summed E-state index contributed by atoms with van der Waals surface area (Å²) in [5.74, 6) is -1.21. The van der Waals surface area contributed by atoms with Crippen LogP contribution in [0.3, 0.4) is 0 Å². The molecule has 6 nitrogen and oxygen atoms in total. The van der Waals surface area contributed by atoms with Crippen LogP contribution in [0.2, 0.25) is 0 Å². The molecule has 2 N–H and O–H groups in total. The van der Waals surface area contributed by atoms with Crippen molar-refractivity contribution in [3.63, 3.8) is 0 Å². The van der Waals surface area contributed by atoms with Gasteiger partial charge in [-0.1, -0.05) is 0 Å². The van der Waals surface area contributed by atoms with Gasteiger partial charge in [0.2, 0.25) is 10.0 Å². The molecule has 0 unspecified atom stereocenters. The SMILES string of the molecule is Cc1csc(NS(=O)(=O)CCCC(=O)O)n1. The van der Waals surface area contributed by atoms with Crippen LogP contribution in [0.1, 0.15) is 18.5 Å². The Labute approximate surface area is 97.4 Å². The minimum absolute atomic E-state index is 0.0923. The fraction of sp³-hybridized carbons (Fsp3) is 0.500. The second-order valence-electron chi connectivity index (χ2n) is 3.21. The number of aryl methyl sites for hydroxylation is 1. The average molecular weight is 264 g/mol. The Balaban J connectivity index is 2.49. The molecule has 0 saturated carbocycles. The number of anilines is 1. The molecule has 0 aliphatic rings. The minimum atomic E-state index is -3.48. The van der Waals surface area contributed by atoms with E-state index in [9.17, 15) is 13.2 Å². The van der Waals surface area contributed by atoms with E-state index in [1.165, 1.54) is 11.3 Å². The first-order valence-electron chi connectivity index (χ1n) is 4.53. The van der Waals surface area contributed by atoms with Crippen LogP contribution in [0.25, 0.3) is 0 Å². The number of nitrogens with zero attached hydrogens (tertiary/aromatic N) is 1.